The first-order valence-corrected chi connectivity index (χ1v) is 6.68. The van der Waals surface area contributed by atoms with E-state index in [0.29, 0.717) is 11.6 Å². The molecule has 9 heteroatoms. The Kier molecular flexibility index (Phi) is 6.33. The number of non-ortho nitro benzene ring substituents is 1. The minimum atomic E-state index is -1.52. The third kappa shape index (κ3) is 5.43. The number of nitro groups is 1. The predicted octanol–water partition coefficient (Wildman–Crippen LogP) is 2.68. The Labute approximate surface area is 140 Å². The number of hydrogen-bond donors (Lipinski definition) is 3. The van der Waals surface area contributed by atoms with Crippen molar-refractivity contribution in [2.45, 2.75) is 6.92 Å². The van der Waals surface area contributed by atoms with Gasteiger partial charge in [-0.05, 0) is 25.1 Å². The Morgan fingerprint density at radius 3 is 1.76 bits per heavy atom. The van der Waals surface area contributed by atoms with Crippen LogP contribution in [-0.4, -0.2) is 38.2 Å². The second-order valence-electron chi connectivity index (χ2n) is 4.77. The SMILES string of the molecule is Cc1ccc(C(=O)O)cc1.O=C(O)c1ccc([N+](=O)[O-])cc1C(=O)O. The van der Waals surface area contributed by atoms with Crippen LogP contribution in [0.5, 0.6) is 0 Å². The molecule has 2 rings (SSSR count). The maximum Gasteiger partial charge on any atom is 0.336 e. The number of carboxylic acids is 3. The van der Waals surface area contributed by atoms with E-state index in [0.717, 1.165) is 17.7 Å². The number of nitro benzene ring substituents is 1. The molecule has 25 heavy (non-hydrogen) atoms. The summed E-state index contributed by atoms with van der Waals surface area (Å²) in [5, 5.41) is 36.0. The van der Waals surface area contributed by atoms with E-state index in [9.17, 15) is 24.5 Å². The first-order valence-electron chi connectivity index (χ1n) is 6.68. The van der Waals surface area contributed by atoms with Gasteiger partial charge in [0.15, 0.2) is 0 Å². The van der Waals surface area contributed by atoms with Crippen LogP contribution in [0.3, 0.4) is 0 Å². The van der Waals surface area contributed by atoms with Gasteiger partial charge in [0.25, 0.3) is 5.69 Å². The van der Waals surface area contributed by atoms with Gasteiger partial charge in [-0.3, -0.25) is 10.1 Å². The Morgan fingerprint density at radius 2 is 1.36 bits per heavy atom. The first-order chi connectivity index (χ1) is 11.6. The zero-order valence-corrected chi connectivity index (χ0v) is 12.9. The maximum atomic E-state index is 10.6. The summed E-state index contributed by atoms with van der Waals surface area (Å²) >= 11 is 0. The van der Waals surface area contributed by atoms with E-state index in [2.05, 4.69) is 0 Å². The number of hydrogen-bond acceptors (Lipinski definition) is 5. The molecular formula is C16H13NO8. The van der Waals surface area contributed by atoms with Crippen molar-refractivity contribution in [3.63, 3.8) is 0 Å². The van der Waals surface area contributed by atoms with Gasteiger partial charge in [0, 0.05) is 12.1 Å². The smallest absolute Gasteiger partial charge is 0.336 e. The van der Waals surface area contributed by atoms with Crippen LogP contribution >= 0.6 is 0 Å². The van der Waals surface area contributed by atoms with E-state index in [1.165, 1.54) is 0 Å². The van der Waals surface area contributed by atoms with Gasteiger partial charge in [-0.1, -0.05) is 17.7 Å². The third-order valence-electron chi connectivity index (χ3n) is 2.97. The molecule has 0 aliphatic rings. The molecule has 0 aromatic heterocycles. The van der Waals surface area contributed by atoms with Gasteiger partial charge in [-0.2, -0.15) is 0 Å². The second-order valence-corrected chi connectivity index (χ2v) is 4.77. The van der Waals surface area contributed by atoms with Crippen LogP contribution in [0.1, 0.15) is 36.6 Å². The number of aryl methyl sites for hydroxylation is 1. The van der Waals surface area contributed by atoms with E-state index >= 15 is 0 Å². The lowest BCUT2D eigenvalue weighted by Crippen LogP contribution is -2.08. The van der Waals surface area contributed by atoms with Crippen LogP contribution in [-0.2, 0) is 0 Å². The molecule has 0 amide bonds. The van der Waals surface area contributed by atoms with Crippen LogP contribution in [0.15, 0.2) is 42.5 Å². The van der Waals surface area contributed by atoms with E-state index < -0.39 is 39.6 Å². The highest BCUT2D eigenvalue weighted by Crippen LogP contribution is 2.18. The van der Waals surface area contributed by atoms with E-state index in [-0.39, 0.29) is 0 Å². The lowest BCUT2D eigenvalue weighted by Gasteiger charge is -2.00. The molecule has 0 radical (unpaired) electrons. The topological polar surface area (TPSA) is 155 Å². The summed E-state index contributed by atoms with van der Waals surface area (Å²) in [4.78, 5) is 41.0. The highest BCUT2D eigenvalue weighted by atomic mass is 16.6. The van der Waals surface area contributed by atoms with Gasteiger partial charge >= 0.3 is 17.9 Å². The lowest BCUT2D eigenvalue weighted by molar-refractivity contribution is -0.384. The molecule has 130 valence electrons. The lowest BCUT2D eigenvalue weighted by atomic mass is 10.1. The van der Waals surface area contributed by atoms with Gasteiger partial charge < -0.3 is 15.3 Å². The Morgan fingerprint density at radius 1 is 0.840 bits per heavy atom. The normalized spacial score (nSPS) is 9.48. The van der Waals surface area contributed by atoms with Crippen molar-refractivity contribution in [3.8, 4) is 0 Å². The van der Waals surface area contributed by atoms with Crippen LogP contribution in [0, 0.1) is 17.0 Å². The molecule has 0 saturated carbocycles. The molecule has 0 spiro atoms. The second kappa shape index (κ2) is 8.20. The molecule has 0 aliphatic carbocycles. The van der Waals surface area contributed by atoms with Gasteiger partial charge in [-0.15, -0.1) is 0 Å². The van der Waals surface area contributed by atoms with Gasteiger partial charge in [0.2, 0.25) is 0 Å². The summed E-state index contributed by atoms with van der Waals surface area (Å²) in [5.74, 6) is -3.83. The molecule has 2 aromatic carbocycles. The van der Waals surface area contributed by atoms with Crippen LogP contribution in [0.4, 0.5) is 5.69 Å². The molecule has 0 aliphatic heterocycles. The van der Waals surface area contributed by atoms with Crippen molar-refractivity contribution in [1.82, 2.24) is 0 Å². The fourth-order valence-electron chi connectivity index (χ4n) is 1.71. The minimum Gasteiger partial charge on any atom is -0.478 e. The van der Waals surface area contributed by atoms with Crippen molar-refractivity contribution in [2.24, 2.45) is 0 Å². The minimum absolute atomic E-state index is 0.339. The molecule has 0 fully saturated rings. The first kappa shape index (κ1) is 19.3. The van der Waals surface area contributed by atoms with Crippen molar-refractivity contribution in [2.75, 3.05) is 0 Å². The van der Waals surface area contributed by atoms with E-state index in [1.807, 2.05) is 6.92 Å². The molecule has 0 atom stereocenters. The largest absolute Gasteiger partial charge is 0.478 e. The molecular weight excluding hydrogens is 334 g/mol. The average molecular weight is 347 g/mol. The van der Waals surface area contributed by atoms with Crippen molar-refractivity contribution in [3.05, 3.63) is 74.8 Å². The van der Waals surface area contributed by atoms with Crippen LogP contribution < -0.4 is 0 Å². The molecule has 3 N–H and O–H groups in total. The van der Waals surface area contributed by atoms with Crippen LogP contribution in [0.25, 0.3) is 0 Å². The van der Waals surface area contributed by atoms with Crippen molar-refractivity contribution < 1.29 is 34.6 Å². The number of rotatable bonds is 4. The fraction of sp³-hybridized carbons (Fsp3) is 0.0625. The summed E-state index contributed by atoms with van der Waals surface area (Å²) in [6, 6.07) is 9.30. The average Bonchev–Trinajstić information content (AvgIpc) is 2.55. The third-order valence-corrected chi connectivity index (χ3v) is 2.97. The summed E-state index contributed by atoms with van der Waals surface area (Å²) in [7, 11) is 0. The molecule has 0 heterocycles. The number of carboxylic acid groups (broad SMARTS) is 3. The zero-order valence-electron chi connectivity index (χ0n) is 12.9. The molecule has 9 nitrogen and oxygen atoms in total. The summed E-state index contributed by atoms with van der Waals surface area (Å²) < 4.78 is 0. The van der Waals surface area contributed by atoms with Crippen molar-refractivity contribution in [1.29, 1.82) is 0 Å². The van der Waals surface area contributed by atoms with Crippen LogP contribution in [0.2, 0.25) is 0 Å². The van der Waals surface area contributed by atoms with Crippen molar-refractivity contribution >= 4 is 23.6 Å². The van der Waals surface area contributed by atoms with E-state index in [4.69, 9.17) is 15.3 Å². The molecule has 0 unspecified atom stereocenters. The summed E-state index contributed by atoms with van der Waals surface area (Å²) in [6.45, 7) is 1.92. The standard InChI is InChI=1S/C8H5NO6.C8H8O2/c10-7(11)5-2-1-4(9(14)15)3-6(5)8(12)13;1-6-2-4-7(5-3-6)8(9)10/h1-3H,(H,10,11)(H,12,13);2-5H,1H3,(H,9,10). The molecule has 2 aromatic rings. The number of benzene rings is 2. The van der Waals surface area contributed by atoms with E-state index in [1.54, 1.807) is 24.3 Å². The maximum absolute atomic E-state index is 10.6. The highest BCUT2D eigenvalue weighted by molar-refractivity contribution is 6.02. The molecule has 0 bridgehead atoms. The van der Waals surface area contributed by atoms with Gasteiger partial charge in [0.1, 0.15) is 0 Å². The van der Waals surface area contributed by atoms with Gasteiger partial charge in [0.05, 0.1) is 21.6 Å². The fourth-order valence-corrected chi connectivity index (χ4v) is 1.71. The molecule has 0 saturated heterocycles. The summed E-state index contributed by atoms with van der Waals surface area (Å²) in [6.07, 6.45) is 0. The zero-order chi connectivity index (χ0) is 19.1. The Bertz CT molecular complexity index is 827. The Balaban J connectivity index is 0.000000271. The Hall–Kier alpha value is -3.75. The summed E-state index contributed by atoms with van der Waals surface area (Å²) in [5.41, 5.74) is -0.127. The van der Waals surface area contributed by atoms with Gasteiger partial charge in [-0.25, -0.2) is 14.4 Å². The monoisotopic (exact) mass is 347 g/mol. The predicted molar refractivity (Wildman–Crippen MR) is 85.2 cm³/mol. The number of aromatic carboxylic acids is 3. The number of carbonyl (C=O) groups is 3. The number of nitrogens with zero attached hydrogens (tertiary/aromatic N) is 1. The quantitative estimate of drug-likeness (QED) is 0.563. The highest BCUT2D eigenvalue weighted by Gasteiger charge is 2.19.